The summed E-state index contributed by atoms with van der Waals surface area (Å²) >= 11 is 7.49. The van der Waals surface area contributed by atoms with Crippen molar-refractivity contribution in [2.45, 2.75) is 51.7 Å². The first-order valence-corrected chi connectivity index (χ1v) is 26.3. The monoisotopic (exact) mass is 1060 g/mol. The number of amides is 4. The summed E-state index contributed by atoms with van der Waals surface area (Å²) in [6, 6.07) is 28.6. The number of rotatable bonds is 27. The van der Waals surface area contributed by atoms with Crippen molar-refractivity contribution in [3.05, 3.63) is 134 Å². The number of hydrogen-bond donors (Lipinski definition) is 3. The minimum Gasteiger partial charge on any atom is -0.484 e. The fraction of sp³-hybridized carbons (Fsp3) is 0.393. The van der Waals surface area contributed by atoms with E-state index < -0.39 is 0 Å². The van der Waals surface area contributed by atoms with Crippen molar-refractivity contribution in [3.8, 4) is 22.9 Å². The van der Waals surface area contributed by atoms with Gasteiger partial charge < -0.3 is 54.2 Å². The highest BCUT2D eigenvalue weighted by atomic mass is 35.5. The van der Waals surface area contributed by atoms with Gasteiger partial charge in [0.05, 0.1) is 78.2 Å². The molecule has 1 unspecified atom stereocenters. The third kappa shape index (κ3) is 16.4. The fourth-order valence-corrected chi connectivity index (χ4v) is 9.60. The topological polar surface area (TPSA) is 203 Å². The van der Waals surface area contributed by atoms with Gasteiger partial charge in [-0.2, -0.15) is 5.26 Å². The Morgan fingerprint density at radius 1 is 0.787 bits per heavy atom. The van der Waals surface area contributed by atoms with E-state index in [0.717, 1.165) is 45.6 Å². The number of aromatic nitrogens is 1. The number of nitrogens with one attached hydrogen (secondary N) is 3. The number of thiazole rings is 1. The second-order valence-corrected chi connectivity index (χ2v) is 19.2. The lowest BCUT2D eigenvalue weighted by Gasteiger charge is -2.39. The molecule has 19 heteroatoms. The standard InChI is InChI=1S/C56H64ClN7O10S/c1-38-32-51(62-47-11-9-46(57)10-12-47)50-34-43(8-15-52(50)64(38)40(3)65)41-4-6-42(7-5-41)55(67)61-18-22-70-24-26-72-28-30-73-29-27-71-25-23-69-21-17-59-53(66)37-74-48-13-14-49-39(2)63(20-16-44(49)33-48)56(68)45(36-58)35-54-60-19-31-75-54/h4-15,19,31,33-35,38-39,51,62H,16-18,20-30,32,37H2,1-3H3,(H,59,66)(H,61,67)/b45-35+/t38-,39?,51+/m0/s1. The molecule has 0 bridgehead atoms. The number of hydrogen-bond acceptors (Lipinski definition) is 14. The smallest absolute Gasteiger partial charge is 0.265 e. The molecule has 4 amide bonds. The van der Waals surface area contributed by atoms with E-state index in [-0.39, 0.29) is 53.9 Å². The summed E-state index contributed by atoms with van der Waals surface area (Å²) in [4.78, 5) is 58.8. The van der Waals surface area contributed by atoms with Gasteiger partial charge in [0.15, 0.2) is 6.61 Å². The van der Waals surface area contributed by atoms with E-state index in [1.54, 1.807) is 41.6 Å². The van der Waals surface area contributed by atoms with E-state index in [1.165, 1.54) is 17.4 Å². The maximum Gasteiger partial charge on any atom is 0.265 e. The normalized spacial score (nSPS) is 16.1. The molecule has 0 spiro atoms. The SMILES string of the molecule is CC(=O)N1c2ccc(-c3ccc(C(=O)NCCOCCOCCOCCOCCOCCNC(=O)COc4ccc5c(c4)CCN(C(=O)/C(C#N)=C/c4nccs4)C5C)cc3)cc2[C@H](Nc2ccc(Cl)cc2)C[C@@H]1C. The van der Waals surface area contributed by atoms with Gasteiger partial charge in [-0.25, -0.2) is 4.98 Å². The zero-order valence-electron chi connectivity index (χ0n) is 42.5. The van der Waals surface area contributed by atoms with Crippen LogP contribution < -0.4 is 25.6 Å². The number of carbonyl (C=O) groups is 4. The van der Waals surface area contributed by atoms with Gasteiger partial charge in [-0.05, 0) is 121 Å². The van der Waals surface area contributed by atoms with Gasteiger partial charge in [-0.1, -0.05) is 35.9 Å². The van der Waals surface area contributed by atoms with Crippen LogP contribution in [0.4, 0.5) is 11.4 Å². The molecule has 2 aliphatic rings. The number of nitrogens with zero attached hydrogens (tertiary/aromatic N) is 4. The minimum absolute atomic E-state index is 0.00181. The lowest BCUT2D eigenvalue weighted by atomic mass is 9.88. The Morgan fingerprint density at radius 3 is 2.05 bits per heavy atom. The van der Waals surface area contributed by atoms with Crippen LogP contribution in [-0.4, -0.2) is 132 Å². The molecule has 0 fully saturated rings. The Bertz CT molecular complexity index is 2750. The second kappa shape index (κ2) is 28.8. The fourth-order valence-electron chi connectivity index (χ4n) is 8.91. The summed E-state index contributed by atoms with van der Waals surface area (Å²) < 4.78 is 33.6. The van der Waals surface area contributed by atoms with Gasteiger partial charge in [0.2, 0.25) is 5.91 Å². The summed E-state index contributed by atoms with van der Waals surface area (Å²) in [5, 5.41) is 22.0. The summed E-state index contributed by atoms with van der Waals surface area (Å²) in [7, 11) is 0. The molecule has 0 saturated heterocycles. The van der Waals surface area contributed by atoms with Gasteiger partial charge >= 0.3 is 0 Å². The van der Waals surface area contributed by atoms with Crippen LogP contribution in [0.2, 0.25) is 5.02 Å². The molecule has 3 N–H and O–H groups in total. The average Bonchev–Trinajstić information content (AvgIpc) is 3.94. The van der Waals surface area contributed by atoms with Crippen LogP contribution in [0.3, 0.4) is 0 Å². The van der Waals surface area contributed by atoms with Crippen LogP contribution in [0, 0.1) is 11.3 Å². The molecule has 7 rings (SSSR count). The van der Waals surface area contributed by atoms with E-state index in [2.05, 4.69) is 33.9 Å². The van der Waals surface area contributed by atoms with Crippen molar-refractivity contribution >= 4 is 64.0 Å². The Balaban J connectivity index is 0.666. The van der Waals surface area contributed by atoms with Gasteiger partial charge in [-0.15, -0.1) is 11.3 Å². The first kappa shape index (κ1) is 56.0. The number of fused-ring (bicyclic) bond motifs is 2. The summed E-state index contributed by atoms with van der Waals surface area (Å²) in [5.74, 6) is -0.228. The predicted octanol–water partition coefficient (Wildman–Crippen LogP) is 7.82. The van der Waals surface area contributed by atoms with Crippen LogP contribution >= 0.6 is 22.9 Å². The van der Waals surface area contributed by atoms with Crippen LogP contribution in [-0.2, 0) is 44.5 Å². The molecule has 0 aliphatic carbocycles. The molecule has 3 heterocycles. The third-order valence-corrected chi connectivity index (χ3v) is 13.6. The average molecular weight is 1060 g/mol. The first-order chi connectivity index (χ1) is 36.5. The van der Waals surface area contributed by atoms with E-state index in [0.29, 0.717) is 113 Å². The molecule has 4 aromatic carbocycles. The maximum atomic E-state index is 13.2. The molecule has 1 aromatic heterocycles. The first-order valence-electron chi connectivity index (χ1n) is 25.1. The van der Waals surface area contributed by atoms with Gasteiger partial charge in [0.1, 0.15) is 22.4 Å². The van der Waals surface area contributed by atoms with Crippen molar-refractivity contribution in [3.63, 3.8) is 0 Å². The van der Waals surface area contributed by atoms with Crippen LogP contribution in [0.5, 0.6) is 5.75 Å². The van der Waals surface area contributed by atoms with Gasteiger partial charge in [-0.3, -0.25) is 19.2 Å². The van der Waals surface area contributed by atoms with Crippen molar-refractivity contribution in [1.29, 1.82) is 5.26 Å². The molecule has 0 radical (unpaired) electrons. The quantitative estimate of drug-likeness (QED) is 0.0261. The molecule has 75 heavy (non-hydrogen) atoms. The van der Waals surface area contributed by atoms with Crippen LogP contribution in [0.1, 0.15) is 71.3 Å². The Kier molecular flexibility index (Phi) is 21.5. The maximum absolute atomic E-state index is 13.2. The summed E-state index contributed by atoms with van der Waals surface area (Å²) in [6.45, 7) is 10.4. The van der Waals surface area contributed by atoms with Gasteiger partial charge in [0, 0.05) is 66.1 Å². The Hall–Kier alpha value is -6.69. The Morgan fingerprint density at radius 2 is 1.43 bits per heavy atom. The highest BCUT2D eigenvalue weighted by molar-refractivity contribution is 7.10. The number of ether oxygens (including phenoxy) is 6. The largest absolute Gasteiger partial charge is 0.484 e. The molecule has 17 nitrogen and oxygen atoms in total. The van der Waals surface area contributed by atoms with Crippen molar-refractivity contribution in [2.75, 3.05) is 103 Å². The van der Waals surface area contributed by atoms with Crippen LogP contribution in [0.15, 0.2) is 102 Å². The van der Waals surface area contributed by atoms with E-state index in [9.17, 15) is 24.4 Å². The highest BCUT2D eigenvalue weighted by Crippen LogP contribution is 2.41. The number of carbonyl (C=O) groups excluding carboxylic acids is 4. The number of benzene rings is 4. The third-order valence-electron chi connectivity index (χ3n) is 12.6. The van der Waals surface area contributed by atoms with Crippen molar-refractivity contribution in [1.82, 2.24) is 20.5 Å². The van der Waals surface area contributed by atoms with Crippen LogP contribution in [0.25, 0.3) is 17.2 Å². The zero-order chi connectivity index (χ0) is 52.9. The number of anilines is 2. The van der Waals surface area contributed by atoms with E-state index in [1.807, 2.05) is 78.6 Å². The lowest BCUT2D eigenvalue weighted by molar-refractivity contribution is -0.129. The molecular weight excluding hydrogens is 998 g/mol. The van der Waals surface area contributed by atoms with E-state index in [4.69, 9.17) is 40.0 Å². The van der Waals surface area contributed by atoms with Crippen molar-refractivity contribution in [2.24, 2.45) is 0 Å². The molecule has 2 aliphatic heterocycles. The molecule has 5 aromatic rings. The Labute approximate surface area is 447 Å². The predicted molar refractivity (Wildman–Crippen MR) is 288 cm³/mol. The highest BCUT2D eigenvalue weighted by Gasteiger charge is 2.33. The molecule has 0 saturated carbocycles. The second-order valence-electron chi connectivity index (χ2n) is 17.8. The number of halogens is 1. The van der Waals surface area contributed by atoms with Gasteiger partial charge in [0.25, 0.3) is 17.7 Å². The number of nitriles is 1. The zero-order valence-corrected chi connectivity index (χ0v) is 44.1. The van der Waals surface area contributed by atoms with E-state index >= 15 is 0 Å². The molecule has 3 atom stereocenters. The summed E-state index contributed by atoms with van der Waals surface area (Å²) in [6.07, 6.45) is 4.49. The van der Waals surface area contributed by atoms with Crippen molar-refractivity contribution < 1.29 is 47.6 Å². The summed E-state index contributed by atoms with van der Waals surface area (Å²) in [5.41, 5.74) is 7.40. The lowest BCUT2D eigenvalue weighted by Crippen LogP contribution is -2.43. The molecule has 396 valence electrons. The minimum atomic E-state index is -0.328. The molecular formula is C56H64ClN7O10S.